The molecule has 0 bridgehead atoms. The van der Waals surface area contributed by atoms with Crippen molar-refractivity contribution >= 4 is 33.0 Å². The first-order chi connectivity index (χ1) is 9.98. The zero-order chi connectivity index (χ0) is 15.0. The molecule has 114 valence electrons. The molecular weight excluding hydrogens is 334 g/mol. The summed E-state index contributed by atoms with van der Waals surface area (Å²) in [6, 6.07) is 5.15. The van der Waals surface area contributed by atoms with Gasteiger partial charge < -0.3 is 9.15 Å². The minimum Gasteiger partial charge on any atom is -0.467 e. The Balaban J connectivity index is 1.85. The van der Waals surface area contributed by atoms with Crippen molar-refractivity contribution in [1.29, 1.82) is 0 Å². The number of rotatable bonds is 3. The molecule has 1 aliphatic heterocycles. The Labute approximate surface area is 132 Å². The van der Waals surface area contributed by atoms with Crippen molar-refractivity contribution in [3.05, 3.63) is 40.1 Å². The number of halogens is 1. The SMILES string of the molecule is Cc1cc(S(=O)(=O)N2CCOC(c3ccco3)C2)sc1Cl. The fourth-order valence-electron chi connectivity index (χ4n) is 2.18. The lowest BCUT2D eigenvalue weighted by Crippen LogP contribution is -2.41. The highest BCUT2D eigenvalue weighted by Gasteiger charge is 2.33. The lowest BCUT2D eigenvalue weighted by molar-refractivity contribution is -0.0142. The van der Waals surface area contributed by atoms with Gasteiger partial charge in [0.2, 0.25) is 0 Å². The Kier molecular flexibility index (Phi) is 4.11. The van der Waals surface area contributed by atoms with Gasteiger partial charge in [0.1, 0.15) is 16.1 Å². The second-order valence-corrected chi connectivity index (χ2v) is 8.58. The van der Waals surface area contributed by atoms with Crippen LogP contribution in [0.5, 0.6) is 0 Å². The average molecular weight is 348 g/mol. The van der Waals surface area contributed by atoms with E-state index in [9.17, 15) is 8.42 Å². The first-order valence-electron chi connectivity index (χ1n) is 6.39. The number of morpholine rings is 1. The van der Waals surface area contributed by atoms with Crippen molar-refractivity contribution < 1.29 is 17.6 Å². The number of furan rings is 1. The van der Waals surface area contributed by atoms with Crippen molar-refractivity contribution in [2.75, 3.05) is 19.7 Å². The number of hydrogen-bond acceptors (Lipinski definition) is 5. The fourth-order valence-corrected chi connectivity index (χ4v) is 5.46. The van der Waals surface area contributed by atoms with Gasteiger partial charge in [-0.15, -0.1) is 11.3 Å². The summed E-state index contributed by atoms with van der Waals surface area (Å²) < 4.78 is 38.4. The fraction of sp³-hybridized carbons (Fsp3) is 0.385. The van der Waals surface area contributed by atoms with Crippen molar-refractivity contribution in [1.82, 2.24) is 4.31 Å². The predicted octanol–water partition coefficient (Wildman–Crippen LogP) is 3.07. The Hall–Kier alpha value is -0.860. The molecule has 2 aromatic heterocycles. The summed E-state index contributed by atoms with van der Waals surface area (Å²) in [6.07, 6.45) is 1.18. The quantitative estimate of drug-likeness (QED) is 0.856. The van der Waals surface area contributed by atoms with Crippen LogP contribution in [0.4, 0.5) is 0 Å². The van der Waals surface area contributed by atoms with E-state index in [1.165, 1.54) is 4.31 Å². The van der Waals surface area contributed by atoms with Gasteiger partial charge in [-0.25, -0.2) is 8.42 Å². The van der Waals surface area contributed by atoms with E-state index in [2.05, 4.69) is 0 Å². The van der Waals surface area contributed by atoms with Crippen LogP contribution in [0.3, 0.4) is 0 Å². The monoisotopic (exact) mass is 347 g/mol. The van der Waals surface area contributed by atoms with Gasteiger partial charge in [-0.05, 0) is 30.7 Å². The molecular formula is C13H14ClNO4S2. The molecule has 0 N–H and O–H groups in total. The lowest BCUT2D eigenvalue weighted by atomic mass is 10.2. The Morgan fingerprint density at radius 1 is 1.48 bits per heavy atom. The molecule has 3 heterocycles. The molecule has 1 aliphatic rings. The maximum Gasteiger partial charge on any atom is 0.252 e. The first kappa shape index (κ1) is 15.1. The van der Waals surface area contributed by atoms with E-state index in [4.69, 9.17) is 20.8 Å². The van der Waals surface area contributed by atoms with E-state index < -0.39 is 10.0 Å². The van der Waals surface area contributed by atoms with Crippen LogP contribution < -0.4 is 0 Å². The van der Waals surface area contributed by atoms with Gasteiger partial charge >= 0.3 is 0 Å². The van der Waals surface area contributed by atoms with Gasteiger partial charge in [0.25, 0.3) is 10.0 Å². The molecule has 0 spiro atoms. The van der Waals surface area contributed by atoms with Gasteiger partial charge in [0.05, 0.1) is 17.2 Å². The zero-order valence-corrected chi connectivity index (χ0v) is 13.7. The second kappa shape index (κ2) is 5.73. The normalized spacial score (nSPS) is 20.8. The molecule has 8 heteroatoms. The lowest BCUT2D eigenvalue weighted by Gasteiger charge is -2.30. The molecule has 1 saturated heterocycles. The standard InChI is InChI=1S/C13H14ClNO4S2/c1-9-7-12(20-13(9)14)21(16,17)15-4-6-19-11(8-15)10-3-2-5-18-10/h2-3,5,7,11H,4,6,8H2,1H3. The van der Waals surface area contributed by atoms with Gasteiger partial charge in [0.15, 0.2) is 0 Å². The molecule has 3 rings (SSSR count). The van der Waals surface area contributed by atoms with E-state index in [1.54, 1.807) is 31.4 Å². The molecule has 0 saturated carbocycles. The van der Waals surface area contributed by atoms with Crippen LogP contribution in [-0.2, 0) is 14.8 Å². The van der Waals surface area contributed by atoms with E-state index in [0.717, 1.165) is 16.9 Å². The summed E-state index contributed by atoms with van der Waals surface area (Å²) in [4.78, 5) is 0. The van der Waals surface area contributed by atoms with Gasteiger partial charge in [-0.1, -0.05) is 11.6 Å². The Bertz CT molecular complexity index is 704. The van der Waals surface area contributed by atoms with Gasteiger partial charge in [-0.3, -0.25) is 0 Å². The molecule has 1 unspecified atom stereocenters. The maximum absolute atomic E-state index is 12.7. The van der Waals surface area contributed by atoms with Crippen LogP contribution in [0.15, 0.2) is 33.1 Å². The highest BCUT2D eigenvalue weighted by atomic mass is 35.5. The zero-order valence-electron chi connectivity index (χ0n) is 11.3. The molecule has 0 aliphatic carbocycles. The molecule has 21 heavy (non-hydrogen) atoms. The van der Waals surface area contributed by atoms with Crippen LogP contribution in [0.2, 0.25) is 4.34 Å². The number of nitrogens with zero attached hydrogens (tertiary/aromatic N) is 1. The molecule has 1 fully saturated rings. The van der Waals surface area contributed by atoms with Crippen LogP contribution in [-0.4, -0.2) is 32.4 Å². The minimum absolute atomic E-state index is 0.240. The summed E-state index contributed by atoms with van der Waals surface area (Å²) in [5.74, 6) is 0.635. The van der Waals surface area contributed by atoms with Crippen LogP contribution in [0.25, 0.3) is 0 Å². The van der Waals surface area contributed by atoms with E-state index >= 15 is 0 Å². The summed E-state index contributed by atoms with van der Waals surface area (Å²) in [6.45, 7) is 2.70. The van der Waals surface area contributed by atoms with Gasteiger partial charge in [0, 0.05) is 13.1 Å². The number of ether oxygens (including phenoxy) is 1. The van der Waals surface area contributed by atoms with Crippen molar-refractivity contribution in [3.8, 4) is 0 Å². The minimum atomic E-state index is -3.54. The third kappa shape index (κ3) is 2.89. The summed E-state index contributed by atoms with van der Waals surface area (Å²) in [5.41, 5.74) is 0.774. The smallest absolute Gasteiger partial charge is 0.252 e. The second-order valence-electron chi connectivity index (χ2n) is 4.76. The number of thiophene rings is 1. The molecule has 0 amide bonds. The van der Waals surface area contributed by atoms with Gasteiger partial charge in [-0.2, -0.15) is 4.31 Å². The van der Waals surface area contributed by atoms with Crippen molar-refractivity contribution in [2.45, 2.75) is 17.2 Å². The highest BCUT2D eigenvalue weighted by molar-refractivity contribution is 7.91. The van der Waals surface area contributed by atoms with E-state index in [1.807, 2.05) is 0 Å². The average Bonchev–Trinajstić information content (AvgIpc) is 3.10. The Morgan fingerprint density at radius 2 is 2.29 bits per heavy atom. The van der Waals surface area contributed by atoms with Crippen LogP contribution >= 0.6 is 22.9 Å². The number of aryl methyl sites for hydroxylation is 1. The summed E-state index contributed by atoms with van der Waals surface area (Å²) in [5, 5.41) is 0. The van der Waals surface area contributed by atoms with E-state index in [0.29, 0.717) is 23.2 Å². The number of hydrogen-bond donors (Lipinski definition) is 0. The van der Waals surface area contributed by atoms with E-state index in [-0.39, 0.29) is 16.9 Å². The molecule has 2 aromatic rings. The Morgan fingerprint density at radius 3 is 2.90 bits per heavy atom. The summed E-state index contributed by atoms with van der Waals surface area (Å²) in [7, 11) is -3.54. The van der Waals surface area contributed by atoms with Crippen molar-refractivity contribution in [2.24, 2.45) is 0 Å². The first-order valence-corrected chi connectivity index (χ1v) is 9.03. The largest absolute Gasteiger partial charge is 0.467 e. The summed E-state index contributed by atoms with van der Waals surface area (Å²) >= 11 is 7.07. The number of sulfonamides is 1. The molecule has 0 aromatic carbocycles. The highest BCUT2D eigenvalue weighted by Crippen LogP contribution is 2.34. The third-order valence-corrected chi connectivity index (χ3v) is 7.19. The van der Waals surface area contributed by atoms with Crippen LogP contribution in [0, 0.1) is 6.92 Å². The molecule has 5 nitrogen and oxygen atoms in total. The predicted molar refractivity (Wildman–Crippen MR) is 80.2 cm³/mol. The maximum atomic E-state index is 12.7. The van der Waals surface area contributed by atoms with Crippen LogP contribution in [0.1, 0.15) is 17.4 Å². The topological polar surface area (TPSA) is 59.8 Å². The van der Waals surface area contributed by atoms with Crippen molar-refractivity contribution in [3.63, 3.8) is 0 Å². The third-order valence-electron chi connectivity index (χ3n) is 3.32. The molecule has 0 radical (unpaired) electrons. The molecule has 1 atom stereocenters.